The SMILES string of the molecule is CNc1sc(S(=O)(=O)NC(C(N)=O)C(C)C)cc1[N+](=O)[O-]. The first-order valence-electron chi connectivity index (χ1n) is 5.87. The van der Waals surface area contributed by atoms with Gasteiger partial charge in [-0.3, -0.25) is 14.9 Å². The minimum absolute atomic E-state index is 0.112. The molecule has 1 amide bonds. The fourth-order valence-corrected chi connectivity index (χ4v) is 4.21. The molecule has 0 fully saturated rings. The van der Waals surface area contributed by atoms with Gasteiger partial charge in [-0.05, 0) is 5.92 Å². The summed E-state index contributed by atoms with van der Waals surface area (Å²) in [6.07, 6.45) is 0. The fraction of sp³-hybridized carbons (Fsp3) is 0.500. The Morgan fingerprint density at radius 1 is 1.48 bits per heavy atom. The lowest BCUT2D eigenvalue weighted by Crippen LogP contribution is -2.47. The highest BCUT2D eigenvalue weighted by molar-refractivity contribution is 7.91. The molecule has 1 atom stereocenters. The van der Waals surface area contributed by atoms with Crippen LogP contribution in [0.1, 0.15) is 13.8 Å². The molecule has 1 unspecified atom stereocenters. The Labute approximate surface area is 125 Å². The second-order valence-corrected chi connectivity index (χ2v) is 7.53. The topological polar surface area (TPSA) is 144 Å². The van der Waals surface area contributed by atoms with Crippen LogP contribution >= 0.6 is 11.3 Å². The summed E-state index contributed by atoms with van der Waals surface area (Å²) in [7, 11) is -2.62. The molecule has 0 bridgehead atoms. The molecule has 0 aromatic carbocycles. The van der Waals surface area contributed by atoms with Crippen LogP contribution in [0.25, 0.3) is 0 Å². The van der Waals surface area contributed by atoms with Crippen LogP contribution in [0.5, 0.6) is 0 Å². The highest BCUT2D eigenvalue weighted by Crippen LogP contribution is 2.36. The van der Waals surface area contributed by atoms with Crippen molar-refractivity contribution in [1.29, 1.82) is 0 Å². The van der Waals surface area contributed by atoms with E-state index in [1.54, 1.807) is 13.8 Å². The van der Waals surface area contributed by atoms with Gasteiger partial charge in [0.15, 0.2) is 5.00 Å². The first-order chi connectivity index (χ1) is 9.60. The van der Waals surface area contributed by atoms with Crippen molar-refractivity contribution in [2.45, 2.75) is 24.1 Å². The van der Waals surface area contributed by atoms with E-state index in [-0.39, 0.29) is 20.8 Å². The second-order valence-electron chi connectivity index (χ2n) is 4.53. The Morgan fingerprint density at radius 2 is 2.05 bits per heavy atom. The Bertz CT molecular complexity index is 652. The van der Waals surface area contributed by atoms with Crippen LogP contribution in [0.3, 0.4) is 0 Å². The maximum absolute atomic E-state index is 12.2. The summed E-state index contributed by atoms with van der Waals surface area (Å²) >= 11 is 0.705. The van der Waals surface area contributed by atoms with E-state index >= 15 is 0 Å². The van der Waals surface area contributed by atoms with E-state index in [9.17, 15) is 23.3 Å². The van der Waals surface area contributed by atoms with Crippen LogP contribution in [0, 0.1) is 16.0 Å². The van der Waals surface area contributed by atoms with Gasteiger partial charge >= 0.3 is 5.69 Å². The number of primary amides is 1. The summed E-state index contributed by atoms with van der Waals surface area (Å²) in [6.45, 7) is 3.27. The van der Waals surface area contributed by atoms with Crippen molar-refractivity contribution in [3.63, 3.8) is 0 Å². The zero-order chi connectivity index (χ0) is 16.4. The molecule has 21 heavy (non-hydrogen) atoms. The third kappa shape index (κ3) is 3.89. The highest BCUT2D eigenvalue weighted by atomic mass is 32.2. The molecule has 0 saturated carbocycles. The third-order valence-corrected chi connectivity index (χ3v) is 5.69. The number of carbonyl (C=O) groups is 1. The number of sulfonamides is 1. The van der Waals surface area contributed by atoms with Gasteiger partial charge in [0, 0.05) is 13.1 Å². The molecular weight excluding hydrogens is 320 g/mol. The number of nitrogens with one attached hydrogen (secondary N) is 2. The summed E-state index contributed by atoms with van der Waals surface area (Å²) in [4.78, 5) is 21.4. The number of anilines is 1. The minimum atomic E-state index is -4.07. The molecule has 9 nitrogen and oxygen atoms in total. The summed E-state index contributed by atoms with van der Waals surface area (Å²) < 4.78 is 26.3. The minimum Gasteiger partial charge on any atom is -0.374 e. The molecular formula is C10H16N4O5S2. The van der Waals surface area contributed by atoms with Gasteiger partial charge in [-0.1, -0.05) is 25.2 Å². The predicted octanol–water partition coefficient (Wildman–Crippen LogP) is 0.486. The van der Waals surface area contributed by atoms with Gasteiger partial charge in [0.25, 0.3) is 10.0 Å². The van der Waals surface area contributed by atoms with Crippen molar-refractivity contribution in [3.05, 3.63) is 16.2 Å². The van der Waals surface area contributed by atoms with Crippen molar-refractivity contribution in [2.75, 3.05) is 12.4 Å². The molecule has 118 valence electrons. The van der Waals surface area contributed by atoms with Gasteiger partial charge in [0.05, 0.1) is 4.92 Å². The first kappa shape index (κ1) is 17.3. The van der Waals surface area contributed by atoms with Crippen molar-refractivity contribution in [3.8, 4) is 0 Å². The molecule has 11 heteroatoms. The van der Waals surface area contributed by atoms with Crippen LogP contribution < -0.4 is 15.8 Å². The number of thiophene rings is 1. The van der Waals surface area contributed by atoms with E-state index in [1.807, 2.05) is 0 Å². The van der Waals surface area contributed by atoms with Crippen molar-refractivity contribution >= 4 is 38.0 Å². The number of nitro groups is 1. The molecule has 0 saturated heterocycles. The van der Waals surface area contributed by atoms with E-state index in [4.69, 9.17) is 5.73 Å². The monoisotopic (exact) mass is 336 g/mol. The van der Waals surface area contributed by atoms with Crippen LogP contribution in [0.15, 0.2) is 10.3 Å². The van der Waals surface area contributed by atoms with E-state index in [0.717, 1.165) is 6.07 Å². The van der Waals surface area contributed by atoms with Crippen molar-refractivity contribution in [2.24, 2.45) is 11.7 Å². The quantitative estimate of drug-likeness (QED) is 0.488. The number of nitrogens with zero attached hydrogens (tertiary/aromatic N) is 1. The van der Waals surface area contributed by atoms with Crippen molar-refractivity contribution in [1.82, 2.24) is 4.72 Å². The molecule has 4 N–H and O–H groups in total. The van der Waals surface area contributed by atoms with Gasteiger partial charge in [0.1, 0.15) is 10.3 Å². The average Bonchev–Trinajstić information content (AvgIpc) is 2.80. The summed E-state index contributed by atoms with van der Waals surface area (Å²) in [5.41, 5.74) is 4.80. The lowest BCUT2D eigenvalue weighted by atomic mass is 10.1. The average molecular weight is 336 g/mol. The molecule has 0 aliphatic rings. The molecule has 0 radical (unpaired) electrons. The van der Waals surface area contributed by atoms with E-state index in [2.05, 4.69) is 10.0 Å². The fourth-order valence-electron chi connectivity index (χ4n) is 1.55. The summed E-state index contributed by atoms with van der Waals surface area (Å²) in [5.74, 6) is -1.16. The number of rotatable bonds is 7. The van der Waals surface area contributed by atoms with Gasteiger partial charge in [-0.15, -0.1) is 0 Å². The zero-order valence-electron chi connectivity index (χ0n) is 11.6. The molecule has 1 aromatic rings. The van der Waals surface area contributed by atoms with Crippen LogP contribution in [0.2, 0.25) is 0 Å². The van der Waals surface area contributed by atoms with E-state index < -0.39 is 26.9 Å². The Hall–Kier alpha value is -1.72. The largest absolute Gasteiger partial charge is 0.374 e. The maximum Gasteiger partial charge on any atom is 0.304 e. The third-order valence-electron chi connectivity index (χ3n) is 2.63. The first-order valence-corrected chi connectivity index (χ1v) is 8.17. The van der Waals surface area contributed by atoms with E-state index in [1.165, 1.54) is 7.05 Å². The standard InChI is InChI=1S/C10H16N4O5S2/c1-5(2)8(9(11)15)13-21(18,19)7-4-6(14(16)17)10(12-3)20-7/h4-5,8,12-13H,1-3H3,(H2,11,15). The molecule has 0 aliphatic heterocycles. The molecule has 1 heterocycles. The lowest BCUT2D eigenvalue weighted by molar-refractivity contribution is -0.383. The number of carbonyl (C=O) groups excluding carboxylic acids is 1. The molecule has 0 aliphatic carbocycles. The zero-order valence-corrected chi connectivity index (χ0v) is 13.2. The van der Waals surface area contributed by atoms with Gasteiger partial charge < -0.3 is 11.1 Å². The predicted molar refractivity (Wildman–Crippen MR) is 78.7 cm³/mol. The lowest BCUT2D eigenvalue weighted by Gasteiger charge is -2.18. The van der Waals surface area contributed by atoms with E-state index in [0.29, 0.717) is 11.3 Å². The molecule has 1 aromatic heterocycles. The number of amides is 1. The van der Waals surface area contributed by atoms with Crippen LogP contribution in [0.4, 0.5) is 10.7 Å². The molecule has 0 spiro atoms. The summed E-state index contributed by atoms with van der Waals surface area (Å²) in [5, 5.41) is 13.5. The maximum atomic E-state index is 12.2. The second kappa shape index (κ2) is 6.37. The smallest absolute Gasteiger partial charge is 0.304 e. The Morgan fingerprint density at radius 3 is 2.38 bits per heavy atom. The van der Waals surface area contributed by atoms with Gasteiger partial charge in [-0.2, -0.15) is 4.72 Å². The van der Waals surface area contributed by atoms with Crippen LogP contribution in [-0.4, -0.2) is 32.3 Å². The van der Waals surface area contributed by atoms with Gasteiger partial charge in [-0.25, -0.2) is 8.42 Å². The van der Waals surface area contributed by atoms with Crippen molar-refractivity contribution < 1.29 is 18.1 Å². The van der Waals surface area contributed by atoms with Gasteiger partial charge in [0.2, 0.25) is 5.91 Å². The highest BCUT2D eigenvalue weighted by Gasteiger charge is 2.30. The number of hydrogen-bond donors (Lipinski definition) is 3. The van der Waals surface area contributed by atoms with Crippen LogP contribution in [-0.2, 0) is 14.8 Å². The Balaban J connectivity index is 3.19. The Kier molecular flexibility index (Phi) is 5.25. The number of nitrogens with two attached hydrogens (primary N) is 1. The molecule has 1 rings (SSSR count). The normalized spacial score (nSPS) is 13.1. The summed E-state index contributed by atoms with van der Waals surface area (Å²) in [6, 6.07) is -0.147. The number of hydrogen-bond acceptors (Lipinski definition) is 7.